The van der Waals surface area contributed by atoms with Crippen molar-refractivity contribution in [3.8, 4) is 0 Å². The average molecular weight is 342 g/mol. The van der Waals surface area contributed by atoms with Crippen LogP contribution < -0.4 is 10.6 Å². The molecule has 0 radical (unpaired) electrons. The van der Waals surface area contributed by atoms with E-state index >= 15 is 0 Å². The fraction of sp³-hybridized carbons (Fsp3) is 0.316. The Labute approximate surface area is 146 Å². The molecule has 2 aromatic rings. The third-order valence-electron chi connectivity index (χ3n) is 3.62. The van der Waals surface area contributed by atoms with Crippen LogP contribution in [0, 0.1) is 0 Å². The SMILES string of the molecule is CCCCNC(=O)COC(=O)CNC(=O)c1ccc2ccccc2c1. The van der Waals surface area contributed by atoms with Crippen LogP contribution in [0.15, 0.2) is 42.5 Å². The van der Waals surface area contributed by atoms with Crippen LogP contribution in [0.2, 0.25) is 0 Å². The fourth-order valence-electron chi connectivity index (χ4n) is 2.24. The number of carbonyl (C=O) groups excluding carboxylic acids is 3. The van der Waals surface area contributed by atoms with Crippen LogP contribution in [-0.2, 0) is 14.3 Å². The van der Waals surface area contributed by atoms with Gasteiger partial charge in [-0.3, -0.25) is 14.4 Å². The van der Waals surface area contributed by atoms with Crippen molar-refractivity contribution in [3.63, 3.8) is 0 Å². The summed E-state index contributed by atoms with van der Waals surface area (Å²) < 4.78 is 4.83. The quantitative estimate of drug-likeness (QED) is 0.568. The Balaban J connectivity index is 1.76. The first-order valence-electron chi connectivity index (χ1n) is 8.29. The van der Waals surface area contributed by atoms with E-state index < -0.39 is 5.97 Å². The molecule has 0 atom stereocenters. The van der Waals surface area contributed by atoms with Crippen molar-refractivity contribution in [1.82, 2.24) is 10.6 Å². The first-order valence-corrected chi connectivity index (χ1v) is 8.29. The lowest BCUT2D eigenvalue weighted by molar-refractivity contribution is -0.147. The third kappa shape index (κ3) is 5.91. The summed E-state index contributed by atoms with van der Waals surface area (Å²) in [5, 5.41) is 7.12. The number of esters is 1. The number of hydrogen-bond donors (Lipinski definition) is 2. The van der Waals surface area contributed by atoms with Gasteiger partial charge in [-0.1, -0.05) is 43.7 Å². The van der Waals surface area contributed by atoms with Crippen LogP contribution in [-0.4, -0.2) is 37.5 Å². The number of hydrogen-bond acceptors (Lipinski definition) is 4. The molecule has 6 nitrogen and oxygen atoms in total. The molecule has 0 bridgehead atoms. The summed E-state index contributed by atoms with van der Waals surface area (Å²) in [5.41, 5.74) is 0.462. The number of nitrogens with one attached hydrogen (secondary N) is 2. The van der Waals surface area contributed by atoms with Crippen molar-refractivity contribution in [2.45, 2.75) is 19.8 Å². The molecule has 0 spiro atoms. The molecule has 0 fully saturated rings. The number of ether oxygens (including phenoxy) is 1. The van der Waals surface area contributed by atoms with Gasteiger partial charge in [0.15, 0.2) is 6.61 Å². The topological polar surface area (TPSA) is 84.5 Å². The molecule has 0 heterocycles. The van der Waals surface area contributed by atoms with Gasteiger partial charge in [-0.15, -0.1) is 0 Å². The molecular formula is C19H22N2O4. The van der Waals surface area contributed by atoms with E-state index in [0.717, 1.165) is 23.6 Å². The number of rotatable bonds is 8. The minimum absolute atomic E-state index is 0.284. The van der Waals surface area contributed by atoms with Gasteiger partial charge in [0, 0.05) is 12.1 Å². The molecule has 25 heavy (non-hydrogen) atoms. The second kappa shape index (κ2) is 9.42. The minimum atomic E-state index is -0.653. The van der Waals surface area contributed by atoms with E-state index in [1.54, 1.807) is 12.1 Å². The van der Waals surface area contributed by atoms with E-state index in [4.69, 9.17) is 4.74 Å². The molecule has 0 aromatic heterocycles. The molecule has 0 aliphatic rings. The monoisotopic (exact) mass is 342 g/mol. The van der Waals surface area contributed by atoms with Crippen molar-refractivity contribution in [2.24, 2.45) is 0 Å². The molecule has 2 amide bonds. The standard InChI is InChI=1S/C19H22N2O4/c1-2-3-10-20-17(22)13-25-18(23)12-21-19(24)16-9-8-14-6-4-5-7-15(14)11-16/h4-9,11H,2-3,10,12-13H2,1H3,(H,20,22)(H,21,24). The van der Waals surface area contributed by atoms with Crippen molar-refractivity contribution < 1.29 is 19.1 Å². The lowest BCUT2D eigenvalue weighted by Crippen LogP contribution is -2.34. The molecule has 2 rings (SSSR count). The summed E-state index contributed by atoms with van der Waals surface area (Å²) in [6, 6.07) is 13.0. The lowest BCUT2D eigenvalue weighted by atomic mass is 10.1. The van der Waals surface area contributed by atoms with Crippen LogP contribution in [0.4, 0.5) is 0 Å². The van der Waals surface area contributed by atoms with Crippen molar-refractivity contribution >= 4 is 28.6 Å². The van der Waals surface area contributed by atoms with Gasteiger partial charge in [0.2, 0.25) is 0 Å². The van der Waals surface area contributed by atoms with Gasteiger partial charge in [0.1, 0.15) is 6.54 Å². The number of fused-ring (bicyclic) bond motifs is 1. The third-order valence-corrected chi connectivity index (χ3v) is 3.62. The Morgan fingerprint density at radius 2 is 1.76 bits per heavy atom. The summed E-state index contributed by atoms with van der Waals surface area (Å²) >= 11 is 0. The van der Waals surface area contributed by atoms with E-state index in [1.807, 2.05) is 37.3 Å². The van der Waals surface area contributed by atoms with Gasteiger partial charge in [-0.05, 0) is 29.3 Å². The van der Waals surface area contributed by atoms with Crippen molar-refractivity contribution in [2.75, 3.05) is 19.7 Å². The molecular weight excluding hydrogens is 320 g/mol. The Morgan fingerprint density at radius 1 is 1.00 bits per heavy atom. The first kappa shape index (κ1) is 18.4. The Kier molecular flexibility index (Phi) is 6.95. The van der Waals surface area contributed by atoms with Crippen LogP contribution >= 0.6 is 0 Å². The Bertz CT molecular complexity index is 758. The summed E-state index contributed by atoms with van der Waals surface area (Å²) in [4.78, 5) is 35.1. The maximum atomic E-state index is 12.1. The first-order chi connectivity index (χ1) is 12.1. The van der Waals surface area contributed by atoms with E-state index in [2.05, 4.69) is 10.6 Å². The molecule has 0 aliphatic heterocycles. The predicted molar refractivity (Wildman–Crippen MR) is 95.2 cm³/mol. The van der Waals surface area contributed by atoms with E-state index in [1.165, 1.54) is 0 Å². The highest BCUT2D eigenvalue weighted by molar-refractivity contribution is 5.99. The number of benzene rings is 2. The van der Waals surface area contributed by atoms with Crippen LogP contribution in [0.1, 0.15) is 30.1 Å². The minimum Gasteiger partial charge on any atom is -0.454 e. The summed E-state index contributed by atoms with van der Waals surface area (Å²) in [7, 11) is 0. The van der Waals surface area contributed by atoms with E-state index in [-0.39, 0.29) is 25.0 Å². The summed E-state index contributed by atoms with van der Waals surface area (Å²) in [6.07, 6.45) is 1.85. The second-order valence-electron chi connectivity index (χ2n) is 5.61. The molecule has 2 N–H and O–H groups in total. The smallest absolute Gasteiger partial charge is 0.325 e. The van der Waals surface area contributed by atoms with Gasteiger partial charge in [-0.25, -0.2) is 0 Å². The predicted octanol–water partition coefficient (Wildman–Crippen LogP) is 2.03. The molecule has 132 valence electrons. The number of unbranched alkanes of at least 4 members (excludes halogenated alkanes) is 1. The average Bonchev–Trinajstić information content (AvgIpc) is 2.64. The molecule has 2 aromatic carbocycles. The number of amides is 2. The van der Waals surface area contributed by atoms with E-state index in [0.29, 0.717) is 12.1 Å². The van der Waals surface area contributed by atoms with Gasteiger partial charge < -0.3 is 15.4 Å². The zero-order valence-electron chi connectivity index (χ0n) is 14.2. The highest BCUT2D eigenvalue weighted by Gasteiger charge is 2.11. The Morgan fingerprint density at radius 3 is 2.52 bits per heavy atom. The summed E-state index contributed by atoms with van der Waals surface area (Å²) in [5.74, 6) is -1.36. The van der Waals surface area contributed by atoms with Gasteiger partial charge in [-0.2, -0.15) is 0 Å². The fourth-order valence-corrected chi connectivity index (χ4v) is 2.24. The zero-order chi connectivity index (χ0) is 18.1. The Hall–Kier alpha value is -2.89. The van der Waals surface area contributed by atoms with Gasteiger partial charge >= 0.3 is 5.97 Å². The lowest BCUT2D eigenvalue weighted by Gasteiger charge is -2.08. The van der Waals surface area contributed by atoms with Crippen LogP contribution in [0.25, 0.3) is 10.8 Å². The van der Waals surface area contributed by atoms with Crippen LogP contribution in [0.5, 0.6) is 0 Å². The second-order valence-corrected chi connectivity index (χ2v) is 5.61. The van der Waals surface area contributed by atoms with Crippen molar-refractivity contribution in [1.29, 1.82) is 0 Å². The van der Waals surface area contributed by atoms with Crippen LogP contribution in [0.3, 0.4) is 0 Å². The zero-order valence-corrected chi connectivity index (χ0v) is 14.2. The maximum absolute atomic E-state index is 12.1. The number of carbonyl (C=O) groups is 3. The molecule has 0 saturated carbocycles. The van der Waals surface area contributed by atoms with Crippen molar-refractivity contribution in [3.05, 3.63) is 48.0 Å². The molecule has 0 aliphatic carbocycles. The van der Waals surface area contributed by atoms with Gasteiger partial charge in [0.25, 0.3) is 11.8 Å². The molecule has 0 unspecified atom stereocenters. The van der Waals surface area contributed by atoms with Gasteiger partial charge in [0.05, 0.1) is 0 Å². The highest BCUT2D eigenvalue weighted by atomic mass is 16.5. The normalized spacial score (nSPS) is 10.3. The highest BCUT2D eigenvalue weighted by Crippen LogP contribution is 2.15. The molecule has 6 heteroatoms. The largest absolute Gasteiger partial charge is 0.454 e. The maximum Gasteiger partial charge on any atom is 0.325 e. The summed E-state index contributed by atoms with van der Waals surface area (Å²) in [6.45, 7) is 1.96. The van der Waals surface area contributed by atoms with E-state index in [9.17, 15) is 14.4 Å². The molecule has 0 saturated heterocycles.